The van der Waals surface area contributed by atoms with Crippen molar-refractivity contribution in [2.24, 2.45) is 5.92 Å². The highest BCUT2D eigenvalue weighted by Crippen LogP contribution is 2.31. The fraction of sp³-hybridized carbons (Fsp3) is 0.435. The van der Waals surface area contributed by atoms with Gasteiger partial charge in [-0.1, -0.05) is 17.7 Å². The van der Waals surface area contributed by atoms with Crippen LogP contribution in [0.2, 0.25) is 5.02 Å². The van der Waals surface area contributed by atoms with Crippen LogP contribution in [0, 0.1) is 11.7 Å². The summed E-state index contributed by atoms with van der Waals surface area (Å²) in [6.07, 6.45) is 4.11. The number of benzene rings is 2. The van der Waals surface area contributed by atoms with Gasteiger partial charge in [-0.2, -0.15) is 0 Å². The van der Waals surface area contributed by atoms with Crippen LogP contribution >= 0.6 is 11.6 Å². The van der Waals surface area contributed by atoms with Crippen LogP contribution < -0.4 is 15.5 Å². The van der Waals surface area contributed by atoms with Gasteiger partial charge in [0.1, 0.15) is 5.82 Å². The van der Waals surface area contributed by atoms with Gasteiger partial charge in [0, 0.05) is 41.5 Å². The molecule has 1 amide bonds. The van der Waals surface area contributed by atoms with Crippen LogP contribution in [0.3, 0.4) is 0 Å². The van der Waals surface area contributed by atoms with Gasteiger partial charge in [-0.15, -0.1) is 0 Å². The molecule has 0 atom stereocenters. The number of aryl methyl sites for hydroxylation is 1. The Hall–Kier alpha value is -2.11. The van der Waals surface area contributed by atoms with Crippen LogP contribution in [0.1, 0.15) is 40.7 Å². The first-order valence-corrected chi connectivity index (χ1v) is 10.8. The zero-order valence-electron chi connectivity index (χ0n) is 16.5. The standard InChI is InChI=1S/C23H27ClFN3O/c24-20-4-1-5-21(25)19(20)15-28-12-2-3-17-13-18(6-7-22(17)28)23(29)27-14-16-8-10-26-11-9-16/h1,4-7,13,16,26H,2-3,8-12,14-15H2,(H,27,29). The Bertz CT molecular complexity index is 862. The minimum atomic E-state index is -0.279. The molecule has 1 saturated heterocycles. The molecule has 0 saturated carbocycles. The highest BCUT2D eigenvalue weighted by molar-refractivity contribution is 6.31. The Morgan fingerprint density at radius 2 is 2.07 bits per heavy atom. The van der Waals surface area contributed by atoms with E-state index < -0.39 is 0 Å². The molecule has 2 N–H and O–H groups in total. The molecular weight excluding hydrogens is 389 g/mol. The van der Waals surface area contributed by atoms with Gasteiger partial charge in [0.25, 0.3) is 5.91 Å². The Labute approximate surface area is 176 Å². The van der Waals surface area contributed by atoms with Crippen LogP contribution in [-0.2, 0) is 13.0 Å². The topological polar surface area (TPSA) is 44.4 Å². The summed E-state index contributed by atoms with van der Waals surface area (Å²) in [4.78, 5) is 14.8. The van der Waals surface area contributed by atoms with Gasteiger partial charge in [0.05, 0.1) is 0 Å². The summed E-state index contributed by atoms with van der Waals surface area (Å²) in [7, 11) is 0. The van der Waals surface area contributed by atoms with Crippen LogP contribution in [-0.4, -0.2) is 32.1 Å². The molecule has 2 aliphatic rings. The summed E-state index contributed by atoms with van der Waals surface area (Å²) in [6, 6.07) is 10.6. The minimum Gasteiger partial charge on any atom is -0.367 e. The molecule has 4 nitrogen and oxygen atoms in total. The number of carbonyl (C=O) groups is 1. The second-order valence-electron chi connectivity index (χ2n) is 7.97. The number of hydrogen-bond acceptors (Lipinski definition) is 3. The summed E-state index contributed by atoms with van der Waals surface area (Å²) in [6.45, 7) is 4.07. The zero-order chi connectivity index (χ0) is 20.2. The molecule has 2 heterocycles. The predicted molar refractivity (Wildman–Crippen MR) is 115 cm³/mol. The number of fused-ring (bicyclic) bond motifs is 1. The van der Waals surface area contributed by atoms with Crippen molar-refractivity contribution < 1.29 is 9.18 Å². The second kappa shape index (κ2) is 9.14. The third kappa shape index (κ3) is 4.73. The molecule has 154 valence electrons. The van der Waals surface area contributed by atoms with E-state index >= 15 is 0 Å². The number of anilines is 1. The van der Waals surface area contributed by atoms with E-state index in [0.717, 1.165) is 63.1 Å². The first-order chi connectivity index (χ1) is 14.1. The maximum atomic E-state index is 14.2. The molecule has 0 bridgehead atoms. The molecule has 0 aromatic heterocycles. The monoisotopic (exact) mass is 415 g/mol. The second-order valence-corrected chi connectivity index (χ2v) is 8.38. The molecule has 6 heteroatoms. The highest BCUT2D eigenvalue weighted by Gasteiger charge is 2.21. The fourth-order valence-electron chi connectivity index (χ4n) is 4.28. The van der Waals surface area contributed by atoms with Crippen molar-refractivity contribution >= 4 is 23.2 Å². The molecule has 29 heavy (non-hydrogen) atoms. The highest BCUT2D eigenvalue weighted by atomic mass is 35.5. The van der Waals surface area contributed by atoms with E-state index in [9.17, 15) is 9.18 Å². The van der Waals surface area contributed by atoms with E-state index in [0.29, 0.717) is 28.6 Å². The molecular formula is C23H27ClFN3O. The molecule has 0 unspecified atom stereocenters. The molecule has 4 rings (SSSR count). The summed E-state index contributed by atoms with van der Waals surface area (Å²) in [5.74, 6) is 0.262. The summed E-state index contributed by atoms with van der Waals surface area (Å²) in [5.41, 5.74) is 3.41. The summed E-state index contributed by atoms with van der Waals surface area (Å²) < 4.78 is 14.2. The molecule has 0 aliphatic carbocycles. The molecule has 0 radical (unpaired) electrons. The number of piperidine rings is 1. The van der Waals surface area contributed by atoms with Crippen molar-refractivity contribution in [3.05, 3.63) is 63.9 Å². The van der Waals surface area contributed by atoms with Gasteiger partial charge in [-0.05, 0) is 80.6 Å². The quantitative estimate of drug-likeness (QED) is 0.770. The van der Waals surface area contributed by atoms with Crippen molar-refractivity contribution in [1.82, 2.24) is 10.6 Å². The lowest BCUT2D eigenvalue weighted by Crippen LogP contribution is -2.36. The molecule has 2 aliphatic heterocycles. The number of hydrogen-bond donors (Lipinski definition) is 2. The maximum Gasteiger partial charge on any atom is 0.251 e. The summed E-state index contributed by atoms with van der Waals surface area (Å²) >= 11 is 6.22. The average Bonchev–Trinajstić information content (AvgIpc) is 2.75. The Morgan fingerprint density at radius 1 is 1.24 bits per heavy atom. The van der Waals surface area contributed by atoms with Crippen LogP contribution in [0.15, 0.2) is 36.4 Å². The van der Waals surface area contributed by atoms with E-state index in [4.69, 9.17) is 11.6 Å². The lowest BCUT2D eigenvalue weighted by atomic mass is 9.97. The van der Waals surface area contributed by atoms with Crippen molar-refractivity contribution in [2.45, 2.75) is 32.2 Å². The average molecular weight is 416 g/mol. The van der Waals surface area contributed by atoms with E-state index in [2.05, 4.69) is 15.5 Å². The molecule has 2 aromatic rings. The Balaban J connectivity index is 1.46. The van der Waals surface area contributed by atoms with Gasteiger partial charge in [0.2, 0.25) is 0 Å². The third-order valence-corrected chi connectivity index (χ3v) is 6.33. The van der Waals surface area contributed by atoms with Crippen LogP contribution in [0.4, 0.5) is 10.1 Å². The first kappa shape index (κ1) is 20.2. The van der Waals surface area contributed by atoms with Crippen LogP contribution in [0.5, 0.6) is 0 Å². The number of halogens is 2. The van der Waals surface area contributed by atoms with Crippen molar-refractivity contribution in [2.75, 3.05) is 31.1 Å². The van der Waals surface area contributed by atoms with Crippen molar-refractivity contribution in [3.8, 4) is 0 Å². The molecule has 2 aromatic carbocycles. The SMILES string of the molecule is O=C(NCC1CCNCC1)c1ccc2c(c1)CCCN2Cc1c(F)cccc1Cl. The number of amides is 1. The third-order valence-electron chi connectivity index (χ3n) is 5.98. The minimum absolute atomic E-state index is 0.0133. The Morgan fingerprint density at radius 3 is 2.86 bits per heavy atom. The predicted octanol–water partition coefficient (Wildman–Crippen LogP) is 4.16. The number of nitrogens with one attached hydrogen (secondary N) is 2. The maximum absolute atomic E-state index is 14.2. The lowest BCUT2D eigenvalue weighted by molar-refractivity contribution is 0.0944. The van der Waals surface area contributed by atoms with Gasteiger partial charge >= 0.3 is 0 Å². The lowest BCUT2D eigenvalue weighted by Gasteiger charge is -2.32. The van der Waals surface area contributed by atoms with E-state index in [-0.39, 0.29) is 11.7 Å². The summed E-state index contributed by atoms with van der Waals surface area (Å²) in [5, 5.41) is 6.89. The van der Waals surface area contributed by atoms with Gasteiger partial charge in [0.15, 0.2) is 0 Å². The fourth-order valence-corrected chi connectivity index (χ4v) is 4.50. The zero-order valence-corrected chi connectivity index (χ0v) is 17.3. The van der Waals surface area contributed by atoms with E-state index in [1.807, 2.05) is 18.2 Å². The molecule has 0 spiro atoms. The number of rotatable bonds is 5. The van der Waals surface area contributed by atoms with Gasteiger partial charge in [-0.25, -0.2) is 4.39 Å². The smallest absolute Gasteiger partial charge is 0.251 e. The van der Waals surface area contributed by atoms with E-state index in [1.54, 1.807) is 12.1 Å². The van der Waals surface area contributed by atoms with Gasteiger partial charge in [-0.3, -0.25) is 4.79 Å². The first-order valence-electron chi connectivity index (χ1n) is 10.4. The van der Waals surface area contributed by atoms with Gasteiger partial charge < -0.3 is 15.5 Å². The molecule has 1 fully saturated rings. The largest absolute Gasteiger partial charge is 0.367 e. The van der Waals surface area contributed by atoms with Crippen LogP contribution in [0.25, 0.3) is 0 Å². The van der Waals surface area contributed by atoms with Crippen molar-refractivity contribution in [1.29, 1.82) is 0 Å². The van der Waals surface area contributed by atoms with E-state index in [1.165, 1.54) is 6.07 Å². The normalized spacial score (nSPS) is 17.1. The Kier molecular flexibility index (Phi) is 6.36. The number of carbonyl (C=O) groups excluding carboxylic acids is 1. The van der Waals surface area contributed by atoms with Crippen molar-refractivity contribution in [3.63, 3.8) is 0 Å². The number of nitrogens with zero attached hydrogens (tertiary/aromatic N) is 1.